The number of phenolic OH excluding ortho intramolecular Hbond substituents is 2. The fourth-order valence-corrected chi connectivity index (χ4v) is 2.40. The lowest BCUT2D eigenvalue weighted by atomic mass is 10.2. The molecule has 0 aliphatic heterocycles. The van der Waals surface area contributed by atoms with Crippen molar-refractivity contribution in [3.63, 3.8) is 0 Å². The van der Waals surface area contributed by atoms with E-state index in [-0.39, 0.29) is 17.1 Å². The number of amides is 1. The van der Waals surface area contributed by atoms with Crippen molar-refractivity contribution in [2.75, 3.05) is 5.32 Å². The molecule has 1 amide bonds. The van der Waals surface area contributed by atoms with Crippen LogP contribution in [0.4, 0.5) is 5.69 Å². The number of aromatic nitrogens is 1. The Morgan fingerprint density at radius 1 is 1.00 bits per heavy atom. The highest BCUT2D eigenvalue weighted by atomic mass is 16.3. The first kappa shape index (κ1) is 16.9. The molecule has 0 aliphatic carbocycles. The van der Waals surface area contributed by atoms with Gasteiger partial charge in [0.1, 0.15) is 23.1 Å². The number of carbonyl (C=O) groups excluding carboxylic acids is 1. The van der Waals surface area contributed by atoms with E-state index in [9.17, 15) is 20.3 Å². The van der Waals surface area contributed by atoms with Crippen LogP contribution in [0.5, 0.6) is 11.5 Å². The molecule has 3 N–H and O–H groups in total. The number of nitrogens with zero attached hydrogens (tertiary/aromatic N) is 2. The molecule has 3 rings (SSSR count). The Bertz CT molecular complexity index is 994. The van der Waals surface area contributed by atoms with Gasteiger partial charge in [-0.1, -0.05) is 0 Å². The summed E-state index contributed by atoms with van der Waals surface area (Å²) in [5, 5.41) is 30.7. The Morgan fingerprint density at radius 3 is 2.23 bits per heavy atom. The second-order valence-corrected chi connectivity index (χ2v) is 5.49. The molecule has 0 radical (unpaired) electrons. The molecule has 0 aliphatic rings. The van der Waals surface area contributed by atoms with Crippen molar-refractivity contribution in [3.05, 3.63) is 78.1 Å². The monoisotopic (exact) mass is 345 g/mol. The van der Waals surface area contributed by atoms with E-state index in [1.54, 1.807) is 59.3 Å². The predicted octanol–water partition coefficient (Wildman–Crippen LogP) is 3.43. The van der Waals surface area contributed by atoms with Gasteiger partial charge in [0, 0.05) is 23.3 Å². The maximum Gasteiger partial charge on any atom is 0.266 e. The third kappa shape index (κ3) is 3.74. The summed E-state index contributed by atoms with van der Waals surface area (Å²) in [5.41, 5.74) is 1.85. The molecule has 0 fully saturated rings. The number of aromatic hydroxyl groups is 2. The number of hydrogen-bond donors (Lipinski definition) is 3. The van der Waals surface area contributed by atoms with Gasteiger partial charge in [-0.2, -0.15) is 5.26 Å². The van der Waals surface area contributed by atoms with Crippen LogP contribution in [-0.2, 0) is 4.79 Å². The largest absolute Gasteiger partial charge is 0.508 e. The number of rotatable bonds is 4. The molecule has 3 aromatic rings. The standard InChI is InChI=1S/C20H15N3O3/c21-13-14(20(26)22-15-3-7-18(24)8-4-15)12-17-2-1-11-23(17)16-5-9-19(25)10-6-16/h1-12,24-25H,(H,22,26)/b14-12-. The summed E-state index contributed by atoms with van der Waals surface area (Å²) >= 11 is 0. The van der Waals surface area contributed by atoms with Gasteiger partial charge in [-0.25, -0.2) is 0 Å². The Morgan fingerprint density at radius 2 is 1.62 bits per heavy atom. The number of benzene rings is 2. The summed E-state index contributed by atoms with van der Waals surface area (Å²) < 4.78 is 1.80. The van der Waals surface area contributed by atoms with Gasteiger partial charge < -0.3 is 20.1 Å². The molecule has 6 nitrogen and oxygen atoms in total. The van der Waals surface area contributed by atoms with Gasteiger partial charge in [0.05, 0.1) is 0 Å². The summed E-state index contributed by atoms with van der Waals surface area (Å²) in [4.78, 5) is 12.3. The molecular formula is C20H15N3O3. The van der Waals surface area contributed by atoms with Gasteiger partial charge in [-0.15, -0.1) is 0 Å². The van der Waals surface area contributed by atoms with Crippen molar-refractivity contribution in [2.24, 2.45) is 0 Å². The van der Waals surface area contributed by atoms with E-state index in [2.05, 4.69) is 5.32 Å². The second-order valence-electron chi connectivity index (χ2n) is 5.49. The average molecular weight is 345 g/mol. The topological polar surface area (TPSA) is 98.3 Å². The predicted molar refractivity (Wildman–Crippen MR) is 97.8 cm³/mol. The van der Waals surface area contributed by atoms with Crippen LogP contribution in [0.25, 0.3) is 11.8 Å². The Hall–Kier alpha value is -3.98. The first-order valence-corrected chi connectivity index (χ1v) is 7.76. The fraction of sp³-hybridized carbons (Fsp3) is 0. The van der Waals surface area contributed by atoms with Gasteiger partial charge in [-0.05, 0) is 66.7 Å². The van der Waals surface area contributed by atoms with Crippen LogP contribution in [0.2, 0.25) is 0 Å². The average Bonchev–Trinajstić information content (AvgIpc) is 3.10. The zero-order valence-corrected chi connectivity index (χ0v) is 13.6. The third-order valence-corrected chi connectivity index (χ3v) is 3.69. The molecule has 26 heavy (non-hydrogen) atoms. The molecule has 128 valence electrons. The lowest BCUT2D eigenvalue weighted by molar-refractivity contribution is -0.112. The minimum Gasteiger partial charge on any atom is -0.508 e. The van der Waals surface area contributed by atoms with Gasteiger partial charge in [0.15, 0.2) is 0 Å². The first-order chi connectivity index (χ1) is 12.6. The molecule has 0 saturated carbocycles. The summed E-state index contributed by atoms with van der Waals surface area (Å²) in [7, 11) is 0. The van der Waals surface area contributed by atoms with Crippen LogP contribution in [0.3, 0.4) is 0 Å². The lowest BCUT2D eigenvalue weighted by Gasteiger charge is -2.08. The van der Waals surface area contributed by atoms with Gasteiger partial charge in [0.2, 0.25) is 0 Å². The number of anilines is 1. The summed E-state index contributed by atoms with van der Waals surface area (Å²) in [6, 6.07) is 18.0. The molecule has 6 heteroatoms. The van der Waals surface area contributed by atoms with Crippen LogP contribution < -0.4 is 5.32 Å². The maximum atomic E-state index is 12.3. The van der Waals surface area contributed by atoms with Crippen LogP contribution in [-0.4, -0.2) is 20.7 Å². The normalized spacial score (nSPS) is 11.0. The van der Waals surface area contributed by atoms with Gasteiger partial charge >= 0.3 is 0 Å². The Labute approximate surface area is 149 Å². The Balaban J connectivity index is 1.87. The number of hydrogen-bond acceptors (Lipinski definition) is 4. The van der Waals surface area contributed by atoms with Crippen molar-refractivity contribution in [1.29, 1.82) is 5.26 Å². The molecule has 1 aromatic heterocycles. The number of carbonyl (C=O) groups is 1. The van der Waals surface area contributed by atoms with E-state index < -0.39 is 5.91 Å². The third-order valence-electron chi connectivity index (χ3n) is 3.69. The number of nitriles is 1. The highest BCUT2D eigenvalue weighted by molar-refractivity contribution is 6.09. The SMILES string of the molecule is N#C/C(=C/c1cccn1-c1ccc(O)cc1)C(=O)Nc1ccc(O)cc1. The number of nitrogens with one attached hydrogen (secondary N) is 1. The van der Waals surface area contributed by atoms with E-state index in [0.29, 0.717) is 11.4 Å². The van der Waals surface area contributed by atoms with Crippen LogP contribution in [0, 0.1) is 11.3 Å². The highest BCUT2D eigenvalue weighted by Crippen LogP contribution is 2.19. The van der Waals surface area contributed by atoms with E-state index in [0.717, 1.165) is 5.69 Å². The molecule has 0 saturated heterocycles. The van der Waals surface area contributed by atoms with Crippen molar-refractivity contribution in [1.82, 2.24) is 4.57 Å². The summed E-state index contributed by atoms with van der Waals surface area (Å²) in [6.45, 7) is 0. The second kappa shape index (κ2) is 7.28. The molecule has 2 aromatic carbocycles. The number of phenols is 2. The summed E-state index contributed by atoms with van der Waals surface area (Å²) in [6.07, 6.45) is 3.29. The minimum atomic E-state index is -0.545. The zero-order chi connectivity index (χ0) is 18.5. The van der Waals surface area contributed by atoms with Crippen molar-refractivity contribution < 1.29 is 15.0 Å². The van der Waals surface area contributed by atoms with E-state index >= 15 is 0 Å². The summed E-state index contributed by atoms with van der Waals surface area (Å²) in [5.74, 6) is -0.300. The van der Waals surface area contributed by atoms with E-state index in [1.165, 1.54) is 18.2 Å². The highest BCUT2D eigenvalue weighted by Gasteiger charge is 2.11. The zero-order valence-electron chi connectivity index (χ0n) is 13.6. The van der Waals surface area contributed by atoms with E-state index in [4.69, 9.17) is 0 Å². The van der Waals surface area contributed by atoms with E-state index in [1.807, 2.05) is 6.07 Å². The lowest BCUT2D eigenvalue weighted by Crippen LogP contribution is -2.13. The smallest absolute Gasteiger partial charge is 0.266 e. The molecule has 0 spiro atoms. The van der Waals surface area contributed by atoms with Crippen molar-refractivity contribution in [2.45, 2.75) is 0 Å². The van der Waals surface area contributed by atoms with Crippen molar-refractivity contribution in [3.8, 4) is 23.3 Å². The first-order valence-electron chi connectivity index (χ1n) is 7.76. The fourth-order valence-electron chi connectivity index (χ4n) is 2.40. The quantitative estimate of drug-likeness (QED) is 0.383. The molecule has 0 atom stereocenters. The molecule has 1 heterocycles. The van der Waals surface area contributed by atoms with Crippen LogP contribution in [0.1, 0.15) is 5.69 Å². The van der Waals surface area contributed by atoms with Crippen molar-refractivity contribution >= 4 is 17.7 Å². The van der Waals surface area contributed by atoms with Crippen LogP contribution >= 0.6 is 0 Å². The van der Waals surface area contributed by atoms with Gasteiger partial charge in [0.25, 0.3) is 5.91 Å². The van der Waals surface area contributed by atoms with Gasteiger partial charge in [-0.3, -0.25) is 4.79 Å². The molecular weight excluding hydrogens is 330 g/mol. The van der Waals surface area contributed by atoms with Crippen LogP contribution in [0.15, 0.2) is 72.4 Å². The maximum absolute atomic E-state index is 12.3. The molecule has 0 unspecified atom stereocenters. The molecule has 0 bridgehead atoms. The Kier molecular flexibility index (Phi) is 4.72. The minimum absolute atomic E-state index is 0.0585.